The molecule has 23 heavy (non-hydrogen) atoms. The summed E-state index contributed by atoms with van der Waals surface area (Å²) in [5, 5.41) is 2.97. The molecule has 4 heteroatoms. The smallest absolute Gasteiger partial charge is 0.322 e. The fourth-order valence-electron chi connectivity index (χ4n) is 2.79. The molecule has 1 atom stereocenters. The molecular formula is C19H22N2O2. The van der Waals surface area contributed by atoms with Gasteiger partial charge in [0.05, 0.1) is 18.7 Å². The Labute approximate surface area is 137 Å². The summed E-state index contributed by atoms with van der Waals surface area (Å²) >= 11 is 0. The molecule has 1 unspecified atom stereocenters. The second-order valence-electron chi connectivity index (χ2n) is 6.43. The van der Waals surface area contributed by atoms with Gasteiger partial charge in [0, 0.05) is 5.69 Å². The first kappa shape index (κ1) is 15.6. The molecule has 2 aromatic carbocycles. The van der Waals surface area contributed by atoms with Crippen LogP contribution in [0.4, 0.5) is 10.5 Å². The lowest BCUT2D eigenvalue weighted by Gasteiger charge is -2.45. The van der Waals surface area contributed by atoms with Crippen molar-refractivity contribution in [2.75, 3.05) is 18.5 Å². The summed E-state index contributed by atoms with van der Waals surface area (Å²) in [7, 11) is 0. The van der Waals surface area contributed by atoms with E-state index in [1.165, 1.54) is 0 Å². The van der Waals surface area contributed by atoms with Gasteiger partial charge in [-0.05, 0) is 31.5 Å². The van der Waals surface area contributed by atoms with Gasteiger partial charge in [-0.15, -0.1) is 0 Å². The van der Waals surface area contributed by atoms with Crippen molar-refractivity contribution in [1.29, 1.82) is 0 Å². The number of nitrogens with one attached hydrogen (secondary N) is 1. The Morgan fingerprint density at radius 3 is 2.35 bits per heavy atom. The van der Waals surface area contributed by atoms with E-state index in [2.05, 4.69) is 5.32 Å². The summed E-state index contributed by atoms with van der Waals surface area (Å²) in [6.07, 6.45) is -0.0919. The van der Waals surface area contributed by atoms with Crippen LogP contribution in [0.3, 0.4) is 0 Å². The Balaban J connectivity index is 1.76. The van der Waals surface area contributed by atoms with Crippen LogP contribution in [0.5, 0.6) is 0 Å². The monoisotopic (exact) mass is 310 g/mol. The van der Waals surface area contributed by atoms with E-state index in [0.29, 0.717) is 13.2 Å². The molecule has 0 aromatic heterocycles. The second-order valence-corrected chi connectivity index (χ2v) is 6.43. The van der Waals surface area contributed by atoms with Gasteiger partial charge in [-0.1, -0.05) is 48.5 Å². The maximum atomic E-state index is 12.7. The number of urea groups is 1. The highest BCUT2D eigenvalue weighted by Gasteiger charge is 2.38. The molecule has 1 heterocycles. The van der Waals surface area contributed by atoms with Crippen LogP contribution in [0, 0.1) is 0 Å². The molecule has 0 saturated carbocycles. The molecule has 120 valence electrons. The number of carbonyl (C=O) groups is 1. The average Bonchev–Trinajstić information content (AvgIpc) is 2.56. The number of morpholine rings is 1. The minimum atomic E-state index is -0.343. The highest BCUT2D eigenvalue weighted by molar-refractivity contribution is 5.89. The zero-order valence-electron chi connectivity index (χ0n) is 13.5. The highest BCUT2D eigenvalue weighted by Crippen LogP contribution is 2.30. The SMILES string of the molecule is CC1(C)COC(c2ccccc2)CN1C(=O)Nc1ccccc1. The number of ether oxygens (including phenoxy) is 1. The number of rotatable bonds is 2. The number of hydrogen-bond acceptors (Lipinski definition) is 2. The fourth-order valence-corrected chi connectivity index (χ4v) is 2.79. The van der Waals surface area contributed by atoms with Gasteiger partial charge < -0.3 is 15.0 Å². The Bertz CT molecular complexity index is 656. The Hall–Kier alpha value is -2.33. The van der Waals surface area contributed by atoms with Gasteiger partial charge in [0.1, 0.15) is 6.10 Å². The normalized spacial score (nSPS) is 20.1. The number of carbonyl (C=O) groups excluding carboxylic acids is 1. The van der Waals surface area contributed by atoms with Crippen molar-refractivity contribution in [1.82, 2.24) is 4.90 Å². The zero-order valence-corrected chi connectivity index (χ0v) is 13.5. The maximum Gasteiger partial charge on any atom is 0.322 e. The number of benzene rings is 2. The summed E-state index contributed by atoms with van der Waals surface area (Å²) in [6.45, 7) is 5.10. The molecule has 0 spiro atoms. The summed E-state index contributed by atoms with van der Waals surface area (Å²) in [5.74, 6) is 0. The number of para-hydroxylation sites is 1. The number of hydrogen-bond donors (Lipinski definition) is 1. The van der Waals surface area contributed by atoms with Crippen molar-refractivity contribution < 1.29 is 9.53 Å². The van der Waals surface area contributed by atoms with Crippen LogP contribution in [0.25, 0.3) is 0 Å². The number of amides is 2. The van der Waals surface area contributed by atoms with Crippen molar-refractivity contribution in [2.45, 2.75) is 25.5 Å². The minimum Gasteiger partial charge on any atom is -0.369 e. The molecule has 0 bridgehead atoms. The first-order valence-electron chi connectivity index (χ1n) is 7.86. The second kappa shape index (κ2) is 6.42. The third kappa shape index (κ3) is 3.54. The summed E-state index contributed by atoms with van der Waals surface area (Å²) < 4.78 is 5.99. The highest BCUT2D eigenvalue weighted by atomic mass is 16.5. The van der Waals surface area contributed by atoms with E-state index >= 15 is 0 Å². The van der Waals surface area contributed by atoms with Crippen LogP contribution in [0.15, 0.2) is 60.7 Å². The minimum absolute atomic E-state index is 0.0919. The third-order valence-electron chi connectivity index (χ3n) is 4.16. The zero-order chi connectivity index (χ0) is 16.3. The summed E-state index contributed by atoms with van der Waals surface area (Å²) in [6, 6.07) is 19.5. The van der Waals surface area contributed by atoms with Gasteiger partial charge in [0.25, 0.3) is 0 Å². The third-order valence-corrected chi connectivity index (χ3v) is 4.16. The molecule has 2 amide bonds. The Kier molecular flexibility index (Phi) is 4.35. The average molecular weight is 310 g/mol. The van der Waals surface area contributed by atoms with Gasteiger partial charge in [-0.2, -0.15) is 0 Å². The van der Waals surface area contributed by atoms with Crippen LogP contribution >= 0.6 is 0 Å². The van der Waals surface area contributed by atoms with Crippen molar-refractivity contribution >= 4 is 11.7 Å². The van der Waals surface area contributed by atoms with Crippen LogP contribution in [-0.4, -0.2) is 29.6 Å². The molecule has 0 aliphatic carbocycles. The summed E-state index contributed by atoms with van der Waals surface area (Å²) in [5.41, 5.74) is 1.56. The van der Waals surface area contributed by atoms with Gasteiger partial charge in [-0.3, -0.25) is 0 Å². The standard InChI is InChI=1S/C19H22N2O2/c1-19(2)14-23-17(15-9-5-3-6-10-15)13-21(19)18(22)20-16-11-7-4-8-12-16/h3-12,17H,13-14H2,1-2H3,(H,20,22). The van der Waals surface area contributed by atoms with E-state index in [0.717, 1.165) is 11.3 Å². The molecule has 1 aliphatic heterocycles. The first-order chi connectivity index (χ1) is 11.1. The van der Waals surface area contributed by atoms with Crippen molar-refractivity contribution in [3.8, 4) is 0 Å². The molecule has 4 nitrogen and oxygen atoms in total. The van der Waals surface area contributed by atoms with E-state index in [9.17, 15) is 4.79 Å². The summed E-state index contributed by atoms with van der Waals surface area (Å²) in [4.78, 5) is 14.6. The van der Waals surface area contributed by atoms with Crippen molar-refractivity contribution in [3.05, 3.63) is 66.2 Å². The molecule has 1 saturated heterocycles. The van der Waals surface area contributed by atoms with Crippen LogP contribution in [0.1, 0.15) is 25.5 Å². The van der Waals surface area contributed by atoms with Crippen molar-refractivity contribution in [2.24, 2.45) is 0 Å². The van der Waals surface area contributed by atoms with Gasteiger partial charge in [-0.25, -0.2) is 4.79 Å². The molecule has 1 aliphatic rings. The predicted molar refractivity (Wildman–Crippen MR) is 91.4 cm³/mol. The number of nitrogens with zero attached hydrogens (tertiary/aromatic N) is 1. The molecular weight excluding hydrogens is 288 g/mol. The largest absolute Gasteiger partial charge is 0.369 e. The van der Waals surface area contributed by atoms with Gasteiger partial charge in [0.15, 0.2) is 0 Å². The van der Waals surface area contributed by atoms with Crippen LogP contribution in [0.2, 0.25) is 0 Å². The number of anilines is 1. The molecule has 0 radical (unpaired) electrons. The van der Waals surface area contributed by atoms with Crippen molar-refractivity contribution in [3.63, 3.8) is 0 Å². The molecule has 2 aromatic rings. The molecule has 1 fully saturated rings. The molecule has 1 N–H and O–H groups in total. The fraction of sp³-hybridized carbons (Fsp3) is 0.316. The van der Waals surface area contributed by atoms with E-state index in [1.54, 1.807) is 0 Å². The Morgan fingerprint density at radius 1 is 1.09 bits per heavy atom. The molecule has 3 rings (SSSR count). The maximum absolute atomic E-state index is 12.7. The lowest BCUT2D eigenvalue weighted by atomic mass is 9.98. The lowest BCUT2D eigenvalue weighted by Crippen LogP contribution is -2.57. The first-order valence-corrected chi connectivity index (χ1v) is 7.86. The quantitative estimate of drug-likeness (QED) is 0.908. The predicted octanol–water partition coefficient (Wildman–Crippen LogP) is 4.07. The van der Waals surface area contributed by atoms with Crippen LogP contribution in [-0.2, 0) is 4.74 Å². The van der Waals surface area contributed by atoms with E-state index in [-0.39, 0.29) is 17.7 Å². The van der Waals surface area contributed by atoms with E-state index in [1.807, 2.05) is 79.4 Å². The van der Waals surface area contributed by atoms with Crippen LogP contribution < -0.4 is 5.32 Å². The van der Waals surface area contributed by atoms with E-state index in [4.69, 9.17) is 4.74 Å². The lowest BCUT2D eigenvalue weighted by molar-refractivity contribution is -0.0783. The Morgan fingerprint density at radius 2 is 1.70 bits per heavy atom. The topological polar surface area (TPSA) is 41.6 Å². The van der Waals surface area contributed by atoms with Gasteiger partial charge in [0.2, 0.25) is 0 Å². The van der Waals surface area contributed by atoms with E-state index < -0.39 is 0 Å². The van der Waals surface area contributed by atoms with Gasteiger partial charge >= 0.3 is 6.03 Å².